The summed E-state index contributed by atoms with van der Waals surface area (Å²) < 4.78 is 17.3. The number of carbonyl (C=O) groups is 1. The highest BCUT2D eigenvalue weighted by Gasteiger charge is 2.38. The molecule has 0 bridgehead atoms. The number of ether oxygens (including phenoxy) is 3. The molecular formula is C23H25NO4. The van der Waals surface area contributed by atoms with Gasteiger partial charge in [0.1, 0.15) is 19.0 Å². The maximum atomic E-state index is 12.8. The summed E-state index contributed by atoms with van der Waals surface area (Å²) in [5.41, 5.74) is 2.28. The van der Waals surface area contributed by atoms with Gasteiger partial charge in [0.05, 0.1) is 0 Å². The van der Waals surface area contributed by atoms with Crippen molar-refractivity contribution in [3.8, 4) is 17.2 Å². The molecule has 1 N–H and O–H groups in total. The number of rotatable bonds is 4. The van der Waals surface area contributed by atoms with E-state index in [0.29, 0.717) is 26.2 Å². The Labute approximate surface area is 165 Å². The Morgan fingerprint density at radius 3 is 2.61 bits per heavy atom. The highest BCUT2D eigenvalue weighted by molar-refractivity contribution is 5.82. The topological polar surface area (TPSA) is 56.8 Å². The van der Waals surface area contributed by atoms with E-state index in [0.717, 1.165) is 35.7 Å². The Balaban J connectivity index is 1.30. The largest absolute Gasteiger partial charge is 0.486 e. The quantitative estimate of drug-likeness (QED) is 0.885. The molecule has 5 rings (SSSR count). The van der Waals surface area contributed by atoms with E-state index in [1.54, 1.807) is 0 Å². The third-order valence-corrected chi connectivity index (χ3v) is 6.26. The van der Waals surface area contributed by atoms with E-state index in [9.17, 15) is 4.79 Å². The molecule has 28 heavy (non-hydrogen) atoms. The zero-order valence-electron chi connectivity index (χ0n) is 15.9. The minimum absolute atomic E-state index is 0.0278. The molecular weight excluding hydrogens is 354 g/mol. The molecule has 1 aliphatic carbocycles. The Morgan fingerprint density at radius 2 is 1.79 bits per heavy atom. The Kier molecular flexibility index (Phi) is 4.38. The summed E-state index contributed by atoms with van der Waals surface area (Å²) in [6.45, 7) is 1.80. The molecule has 1 unspecified atom stereocenters. The minimum atomic E-state index is -0.434. The van der Waals surface area contributed by atoms with Gasteiger partial charge in [0.25, 0.3) is 5.91 Å². The second kappa shape index (κ2) is 7.04. The molecule has 5 heteroatoms. The van der Waals surface area contributed by atoms with Gasteiger partial charge in [-0.2, -0.15) is 0 Å². The number of nitrogens with one attached hydrogen (secondary N) is 1. The van der Waals surface area contributed by atoms with E-state index in [-0.39, 0.29) is 11.3 Å². The van der Waals surface area contributed by atoms with Crippen LogP contribution in [0.4, 0.5) is 0 Å². The molecule has 0 spiro atoms. The summed E-state index contributed by atoms with van der Waals surface area (Å²) >= 11 is 0. The van der Waals surface area contributed by atoms with Crippen molar-refractivity contribution in [1.29, 1.82) is 0 Å². The van der Waals surface area contributed by atoms with E-state index in [1.807, 2.05) is 30.3 Å². The highest BCUT2D eigenvalue weighted by atomic mass is 16.6. The summed E-state index contributed by atoms with van der Waals surface area (Å²) in [6, 6.07) is 14.1. The molecule has 1 amide bonds. The van der Waals surface area contributed by atoms with Crippen LogP contribution in [0.2, 0.25) is 0 Å². The standard InChI is InChI=1S/C23H25NO4/c25-22(21-13-16-5-1-2-6-18(16)28-21)24-15-23(9-3-4-10-23)17-7-8-19-20(14-17)27-12-11-26-19/h1-2,5-8,14,21H,3-4,9-13,15H2,(H,24,25). The van der Waals surface area contributed by atoms with Crippen LogP contribution in [0.25, 0.3) is 0 Å². The van der Waals surface area contributed by atoms with Gasteiger partial charge < -0.3 is 19.5 Å². The van der Waals surface area contributed by atoms with Gasteiger partial charge in [0.2, 0.25) is 0 Å². The highest BCUT2D eigenvalue weighted by Crippen LogP contribution is 2.44. The number of hydrogen-bond acceptors (Lipinski definition) is 4. The number of para-hydroxylation sites is 1. The fourth-order valence-electron chi connectivity index (χ4n) is 4.69. The first-order valence-electron chi connectivity index (χ1n) is 10.2. The third-order valence-electron chi connectivity index (χ3n) is 6.26. The van der Waals surface area contributed by atoms with Crippen LogP contribution < -0.4 is 19.5 Å². The summed E-state index contributed by atoms with van der Waals surface area (Å²) in [7, 11) is 0. The molecule has 1 saturated carbocycles. The molecule has 1 fully saturated rings. The fourth-order valence-corrected chi connectivity index (χ4v) is 4.69. The van der Waals surface area contributed by atoms with Crippen LogP contribution in [0, 0.1) is 0 Å². The molecule has 1 atom stereocenters. The molecule has 2 aliphatic heterocycles. The van der Waals surface area contributed by atoms with E-state index >= 15 is 0 Å². The number of amides is 1. The van der Waals surface area contributed by atoms with Crippen molar-refractivity contribution in [3.63, 3.8) is 0 Å². The van der Waals surface area contributed by atoms with Gasteiger partial charge in [-0.15, -0.1) is 0 Å². The van der Waals surface area contributed by atoms with Gasteiger partial charge in [-0.3, -0.25) is 4.79 Å². The lowest BCUT2D eigenvalue weighted by Crippen LogP contribution is -2.44. The van der Waals surface area contributed by atoms with Gasteiger partial charge in [0, 0.05) is 18.4 Å². The van der Waals surface area contributed by atoms with Gasteiger partial charge in [-0.1, -0.05) is 37.1 Å². The maximum absolute atomic E-state index is 12.8. The first-order valence-corrected chi connectivity index (χ1v) is 10.2. The van der Waals surface area contributed by atoms with E-state index in [2.05, 4.69) is 17.4 Å². The van der Waals surface area contributed by atoms with Crippen molar-refractivity contribution in [3.05, 3.63) is 53.6 Å². The zero-order chi connectivity index (χ0) is 19.0. The molecule has 2 heterocycles. The van der Waals surface area contributed by atoms with Crippen LogP contribution in [0.15, 0.2) is 42.5 Å². The molecule has 0 radical (unpaired) electrons. The molecule has 0 saturated heterocycles. The summed E-state index contributed by atoms with van der Waals surface area (Å²) in [4.78, 5) is 12.8. The third kappa shape index (κ3) is 3.09. The van der Waals surface area contributed by atoms with Crippen LogP contribution in [0.3, 0.4) is 0 Å². The van der Waals surface area contributed by atoms with Crippen LogP contribution in [-0.2, 0) is 16.6 Å². The van der Waals surface area contributed by atoms with Crippen LogP contribution in [-0.4, -0.2) is 31.8 Å². The first kappa shape index (κ1) is 17.4. The number of carbonyl (C=O) groups excluding carboxylic acids is 1. The predicted octanol–water partition coefficient (Wildman–Crippen LogP) is 3.39. The Bertz CT molecular complexity index is 863. The Morgan fingerprint density at radius 1 is 1.00 bits per heavy atom. The summed E-state index contributed by atoms with van der Waals surface area (Å²) in [5.74, 6) is 2.42. The van der Waals surface area contributed by atoms with Gasteiger partial charge in [0.15, 0.2) is 17.6 Å². The predicted molar refractivity (Wildman–Crippen MR) is 105 cm³/mol. The summed E-state index contributed by atoms with van der Waals surface area (Å²) in [6.07, 6.45) is 4.69. The SMILES string of the molecule is O=C(NCC1(c2ccc3c(c2)OCCO3)CCCC1)C1Cc2ccccc2O1. The molecule has 0 aromatic heterocycles. The zero-order valence-corrected chi connectivity index (χ0v) is 15.9. The van der Waals surface area contributed by atoms with Gasteiger partial charge in [-0.05, 0) is 42.2 Å². The number of benzene rings is 2. The normalized spacial score (nSPS) is 21.6. The van der Waals surface area contributed by atoms with Gasteiger partial charge in [-0.25, -0.2) is 0 Å². The Hall–Kier alpha value is -2.69. The monoisotopic (exact) mass is 379 g/mol. The van der Waals surface area contributed by atoms with Gasteiger partial charge >= 0.3 is 0 Å². The van der Waals surface area contributed by atoms with Crippen molar-refractivity contribution in [2.45, 2.75) is 43.6 Å². The fraction of sp³-hybridized carbons (Fsp3) is 0.435. The lowest BCUT2D eigenvalue weighted by atomic mass is 9.78. The number of hydrogen-bond donors (Lipinski definition) is 1. The van der Waals surface area contributed by atoms with E-state index in [1.165, 1.54) is 18.4 Å². The van der Waals surface area contributed by atoms with Crippen molar-refractivity contribution in [2.75, 3.05) is 19.8 Å². The van der Waals surface area contributed by atoms with E-state index in [4.69, 9.17) is 14.2 Å². The van der Waals surface area contributed by atoms with Crippen molar-refractivity contribution < 1.29 is 19.0 Å². The molecule has 3 aliphatic rings. The maximum Gasteiger partial charge on any atom is 0.261 e. The van der Waals surface area contributed by atoms with Crippen molar-refractivity contribution >= 4 is 5.91 Å². The van der Waals surface area contributed by atoms with Crippen molar-refractivity contribution in [1.82, 2.24) is 5.32 Å². The second-order valence-electron chi connectivity index (χ2n) is 7.98. The minimum Gasteiger partial charge on any atom is -0.486 e. The number of fused-ring (bicyclic) bond motifs is 2. The second-order valence-corrected chi connectivity index (χ2v) is 7.98. The average molecular weight is 379 g/mol. The van der Waals surface area contributed by atoms with Crippen molar-refractivity contribution in [2.24, 2.45) is 0 Å². The van der Waals surface area contributed by atoms with E-state index < -0.39 is 6.10 Å². The molecule has 5 nitrogen and oxygen atoms in total. The molecule has 146 valence electrons. The van der Waals surface area contributed by atoms with Crippen LogP contribution >= 0.6 is 0 Å². The lowest BCUT2D eigenvalue weighted by Gasteiger charge is -2.31. The lowest BCUT2D eigenvalue weighted by molar-refractivity contribution is -0.127. The van der Waals surface area contributed by atoms with Crippen LogP contribution in [0.1, 0.15) is 36.8 Å². The molecule has 2 aromatic carbocycles. The van der Waals surface area contributed by atoms with Crippen LogP contribution in [0.5, 0.6) is 17.2 Å². The smallest absolute Gasteiger partial charge is 0.261 e. The average Bonchev–Trinajstić information content (AvgIpc) is 3.39. The molecule has 2 aromatic rings. The first-order chi connectivity index (χ1) is 13.7. The summed E-state index contributed by atoms with van der Waals surface area (Å²) in [5, 5.41) is 3.18.